The van der Waals surface area contributed by atoms with Gasteiger partial charge in [0.1, 0.15) is 11.3 Å². The van der Waals surface area contributed by atoms with Gasteiger partial charge in [0.15, 0.2) is 11.5 Å². The molecule has 28 heavy (non-hydrogen) atoms. The van der Waals surface area contributed by atoms with Crippen molar-refractivity contribution in [2.75, 3.05) is 27.3 Å². The molecule has 0 N–H and O–H groups in total. The smallest absolute Gasteiger partial charge is 0.349 e. The highest BCUT2D eigenvalue weighted by atomic mass is 16.5. The number of ether oxygens (including phenoxy) is 2. The summed E-state index contributed by atoms with van der Waals surface area (Å²) in [5.41, 5.74) is 0.264. The van der Waals surface area contributed by atoms with E-state index in [1.807, 2.05) is 30.3 Å². The van der Waals surface area contributed by atoms with Gasteiger partial charge in [-0.15, -0.1) is 0 Å². The Balaban J connectivity index is 1.56. The second-order valence-electron chi connectivity index (χ2n) is 7.20. The highest BCUT2D eigenvalue weighted by Gasteiger charge is 2.26. The van der Waals surface area contributed by atoms with Gasteiger partial charge in [0.05, 0.1) is 13.7 Å². The van der Waals surface area contributed by atoms with Crippen LogP contribution in [0.3, 0.4) is 0 Å². The summed E-state index contributed by atoms with van der Waals surface area (Å²) in [5.74, 6) is 2.05. The molecule has 0 saturated heterocycles. The SMILES string of the molecule is COc1ccccc1OCCCN(C)C(=O)c1c(C)cc(C2CCC2)oc1=O. The van der Waals surface area contributed by atoms with Crippen molar-refractivity contribution >= 4 is 5.91 Å². The average molecular weight is 385 g/mol. The molecule has 150 valence electrons. The van der Waals surface area contributed by atoms with Crippen LogP contribution in [0.15, 0.2) is 39.5 Å². The minimum atomic E-state index is -0.538. The normalized spacial score (nSPS) is 13.7. The van der Waals surface area contributed by atoms with E-state index in [1.54, 1.807) is 21.1 Å². The van der Waals surface area contributed by atoms with Crippen LogP contribution in [-0.4, -0.2) is 38.1 Å². The van der Waals surface area contributed by atoms with Gasteiger partial charge in [-0.05, 0) is 49.9 Å². The Labute approximate surface area is 165 Å². The number of rotatable bonds is 8. The lowest BCUT2D eigenvalue weighted by atomic mass is 9.83. The second-order valence-corrected chi connectivity index (χ2v) is 7.20. The summed E-state index contributed by atoms with van der Waals surface area (Å²) < 4.78 is 16.4. The topological polar surface area (TPSA) is 69.0 Å². The fourth-order valence-electron chi connectivity index (χ4n) is 3.30. The molecule has 0 spiro atoms. The molecule has 1 heterocycles. The monoisotopic (exact) mass is 385 g/mol. The molecule has 1 saturated carbocycles. The molecule has 0 bridgehead atoms. The first-order chi connectivity index (χ1) is 13.5. The number of carbonyl (C=O) groups is 1. The maximum absolute atomic E-state index is 12.7. The lowest BCUT2D eigenvalue weighted by Crippen LogP contribution is -2.33. The third-order valence-electron chi connectivity index (χ3n) is 5.20. The summed E-state index contributed by atoms with van der Waals surface area (Å²) in [6.07, 6.45) is 3.88. The number of hydrogen-bond donors (Lipinski definition) is 0. The number of aryl methyl sites for hydroxylation is 1. The molecule has 1 aliphatic rings. The van der Waals surface area contributed by atoms with Crippen LogP contribution in [-0.2, 0) is 0 Å². The van der Waals surface area contributed by atoms with Crippen molar-refractivity contribution in [3.63, 3.8) is 0 Å². The van der Waals surface area contributed by atoms with E-state index in [2.05, 4.69) is 0 Å². The molecule has 0 unspecified atom stereocenters. The first-order valence-electron chi connectivity index (χ1n) is 9.67. The van der Waals surface area contributed by atoms with E-state index in [0.717, 1.165) is 19.3 Å². The molecule has 2 aromatic rings. The van der Waals surface area contributed by atoms with Gasteiger partial charge in [-0.2, -0.15) is 0 Å². The van der Waals surface area contributed by atoms with Gasteiger partial charge in [-0.25, -0.2) is 4.79 Å². The van der Waals surface area contributed by atoms with Crippen molar-refractivity contribution in [2.24, 2.45) is 0 Å². The van der Waals surface area contributed by atoms with Gasteiger partial charge in [0.25, 0.3) is 5.91 Å². The van der Waals surface area contributed by atoms with Crippen LogP contribution in [0.25, 0.3) is 0 Å². The number of amides is 1. The van der Waals surface area contributed by atoms with Gasteiger partial charge in [-0.1, -0.05) is 18.6 Å². The van der Waals surface area contributed by atoms with Crippen molar-refractivity contribution in [1.29, 1.82) is 0 Å². The summed E-state index contributed by atoms with van der Waals surface area (Å²) in [7, 11) is 3.28. The zero-order valence-corrected chi connectivity index (χ0v) is 16.7. The third kappa shape index (κ3) is 4.38. The summed E-state index contributed by atoms with van der Waals surface area (Å²) >= 11 is 0. The highest BCUT2D eigenvalue weighted by molar-refractivity contribution is 5.94. The fraction of sp³-hybridized carbons (Fsp3) is 0.455. The predicted molar refractivity (Wildman–Crippen MR) is 106 cm³/mol. The first kappa shape index (κ1) is 20.0. The Morgan fingerprint density at radius 2 is 1.96 bits per heavy atom. The largest absolute Gasteiger partial charge is 0.493 e. The number of nitrogens with zero attached hydrogens (tertiary/aromatic N) is 1. The van der Waals surface area contributed by atoms with Crippen LogP contribution in [0, 0.1) is 6.92 Å². The number of benzene rings is 1. The molecule has 0 aliphatic heterocycles. The van der Waals surface area contributed by atoms with Crippen molar-refractivity contribution in [1.82, 2.24) is 4.90 Å². The molecule has 1 aliphatic carbocycles. The van der Waals surface area contributed by atoms with Crippen LogP contribution in [0.4, 0.5) is 0 Å². The van der Waals surface area contributed by atoms with Crippen LogP contribution < -0.4 is 15.1 Å². The van der Waals surface area contributed by atoms with E-state index in [1.165, 1.54) is 4.90 Å². The molecule has 0 radical (unpaired) electrons. The van der Waals surface area contributed by atoms with Crippen molar-refractivity contribution < 1.29 is 18.7 Å². The minimum absolute atomic E-state index is 0.122. The number of methoxy groups -OCH3 is 1. The number of para-hydroxylation sites is 2. The summed E-state index contributed by atoms with van der Waals surface area (Å²) in [6.45, 7) is 2.70. The Bertz CT molecular complexity index is 885. The molecule has 1 fully saturated rings. The van der Waals surface area contributed by atoms with Crippen LogP contribution in [0.5, 0.6) is 11.5 Å². The number of hydrogen-bond acceptors (Lipinski definition) is 5. The number of carbonyl (C=O) groups excluding carboxylic acids is 1. The van der Waals surface area contributed by atoms with Crippen molar-refractivity contribution in [2.45, 2.75) is 38.5 Å². The summed E-state index contributed by atoms with van der Waals surface area (Å²) in [6, 6.07) is 9.27. The van der Waals surface area contributed by atoms with E-state index < -0.39 is 5.63 Å². The zero-order valence-electron chi connectivity index (χ0n) is 16.7. The Kier molecular flexibility index (Phi) is 6.39. The second kappa shape index (κ2) is 8.95. The van der Waals surface area contributed by atoms with Crippen LogP contribution >= 0.6 is 0 Å². The van der Waals surface area contributed by atoms with Gasteiger partial charge in [-0.3, -0.25) is 4.79 Å². The molecule has 1 amide bonds. The van der Waals surface area contributed by atoms with Crippen molar-refractivity contribution in [3.05, 3.63) is 57.6 Å². The molecule has 6 nitrogen and oxygen atoms in total. The standard InChI is InChI=1S/C22H27NO5/c1-15-14-19(16-8-6-9-16)28-22(25)20(15)21(24)23(2)12-7-13-27-18-11-5-4-10-17(18)26-3/h4-5,10-11,14,16H,6-9,12-13H2,1-3H3. The van der Waals surface area contributed by atoms with E-state index in [0.29, 0.717) is 48.3 Å². The van der Waals surface area contributed by atoms with E-state index in [9.17, 15) is 9.59 Å². The molecular formula is C22H27NO5. The Hall–Kier alpha value is -2.76. The minimum Gasteiger partial charge on any atom is -0.493 e. The van der Waals surface area contributed by atoms with Gasteiger partial charge >= 0.3 is 5.63 Å². The van der Waals surface area contributed by atoms with E-state index in [-0.39, 0.29) is 11.5 Å². The fourth-order valence-corrected chi connectivity index (χ4v) is 3.30. The quantitative estimate of drug-likeness (QED) is 0.647. The van der Waals surface area contributed by atoms with Crippen molar-refractivity contribution in [3.8, 4) is 11.5 Å². The first-order valence-corrected chi connectivity index (χ1v) is 9.67. The maximum Gasteiger partial charge on any atom is 0.349 e. The molecular weight excluding hydrogens is 358 g/mol. The Morgan fingerprint density at radius 1 is 1.25 bits per heavy atom. The third-order valence-corrected chi connectivity index (χ3v) is 5.20. The molecule has 3 rings (SSSR count). The highest BCUT2D eigenvalue weighted by Crippen LogP contribution is 2.36. The molecule has 0 atom stereocenters. The van der Waals surface area contributed by atoms with E-state index >= 15 is 0 Å². The molecule has 6 heteroatoms. The lowest BCUT2D eigenvalue weighted by Gasteiger charge is -2.24. The van der Waals surface area contributed by atoms with E-state index in [4.69, 9.17) is 13.9 Å². The average Bonchev–Trinajstić information content (AvgIpc) is 2.63. The molecule has 1 aromatic heterocycles. The summed E-state index contributed by atoms with van der Waals surface area (Å²) in [5, 5.41) is 0. The Morgan fingerprint density at radius 3 is 2.57 bits per heavy atom. The molecule has 1 aromatic carbocycles. The summed E-state index contributed by atoms with van der Waals surface area (Å²) in [4.78, 5) is 26.6. The lowest BCUT2D eigenvalue weighted by molar-refractivity contribution is 0.0781. The maximum atomic E-state index is 12.7. The van der Waals surface area contributed by atoms with Gasteiger partial charge in [0.2, 0.25) is 0 Å². The van der Waals surface area contributed by atoms with Crippen LogP contribution in [0.1, 0.15) is 53.3 Å². The van der Waals surface area contributed by atoms with Crippen LogP contribution in [0.2, 0.25) is 0 Å². The van der Waals surface area contributed by atoms with Gasteiger partial charge in [0, 0.05) is 19.5 Å². The zero-order chi connectivity index (χ0) is 20.1. The van der Waals surface area contributed by atoms with Gasteiger partial charge < -0.3 is 18.8 Å². The predicted octanol–water partition coefficient (Wildman–Crippen LogP) is 3.77.